The van der Waals surface area contributed by atoms with Crippen molar-refractivity contribution in [3.05, 3.63) is 51.2 Å². The molecular formula is C18H16ClN5S3. The molecule has 3 heterocycles. The molecule has 1 aromatic carbocycles. The predicted octanol–water partition coefficient (Wildman–Crippen LogP) is 5.80. The molecule has 27 heavy (non-hydrogen) atoms. The summed E-state index contributed by atoms with van der Waals surface area (Å²) in [7, 11) is 0. The molecule has 0 spiro atoms. The Morgan fingerprint density at radius 1 is 1.11 bits per heavy atom. The Morgan fingerprint density at radius 2 is 1.93 bits per heavy atom. The molecule has 0 N–H and O–H groups in total. The van der Waals surface area contributed by atoms with Crippen LogP contribution >= 0.6 is 46.2 Å². The van der Waals surface area contributed by atoms with Crippen LogP contribution in [0.25, 0.3) is 22.0 Å². The SMILES string of the molecule is CCn1c(SCc2ccc(-c3csnn3)cc2)nnc1-c1scc(C)c1Cl. The number of rotatable bonds is 6. The Kier molecular flexibility index (Phi) is 5.58. The highest BCUT2D eigenvalue weighted by Gasteiger charge is 2.18. The van der Waals surface area contributed by atoms with E-state index in [0.29, 0.717) is 0 Å². The Labute approximate surface area is 174 Å². The van der Waals surface area contributed by atoms with E-state index in [4.69, 9.17) is 11.6 Å². The van der Waals surface area contributed by atoms with Crippen molar-refractivity contribution in [2.45, 2.75) is 31.3 Å². The third-order valence-electron chi connectivity index (χ3n) is 4.11. The maximum absolute atomic E-state index is 6.43. The number of thiophene rings is 1. The Morgan fingerprint density at radius 3 is 2.56 bits per heavy atom. The highest BCUT2D eigenvalue weighted by atomic mass is 35.5. The van der Waals surface area contributed by atoms with Gasteiger partial charge in [0.05, 0.1) is 9.90 Å². The molecule has 0 amide bonds. The zero-order valence-electron chi connectivity index (χ0n) is 14.7. The van der Waals surface area contributed by atoms with Crippen LogP contribution < -0.4 is 0 Å². The van der Waals surface area contributed by atoms with E-state index in [1.165, 1.54) is 17.1 Å². The molecule has 0 atom stereocenters. The summed E-state index contributed by atoms with van der Waals surface area (Å²) in [6.45, 7) is 4.91. The molecule has 0 unspecified atom stereocenters. The van der Waals surface area contributed by atoms with Gasteiger partial charge in [0.25, 0.3) is 0 Å². The molecule has 0 saturated heterocycles. The molecule has 4 aromatic rings. The molecule has 3 aromatic heterocycles. The summed E-state index contributed by atoms with van der Waals surface area (Å²) < 4.78 is 6.03. The van der Waals surface area contributed by atoms with E-state index in [9.17, 15) is 0 Å². The molecule has 0 fully saturated rings. The number of benzene rings is 1. The molecule has 4 rings (SSSR count). The van der Waals surface area contributed by atoms with Gasteiger partial charge in [0.15, 0.2) is 11.0 Å². The van der Waals surface area contributed by atoms with Gasteiger partial charge in [-0.25, -0.2) is 0 Å². The lowest BCUT2D eigenvalue weighted by Gasteiger charge is -2.07. The van der Waals surface area contributed by atoms with E-state index in [-0.39, 0.29) is 0 Å². The molecule has 9 heteroatoms. The normalized spacial score (nSPS) is 11.2. The third kappa shape index (κ3) is 3.80. The molecule has 0 radical (unpaired) electrons. The maximum Gasteiger partial charge on any atom is 0.191 e. The van der Waals surface area contributed by atoms with Gasteiger partial charge in [0, 0.05) is 23.2 Å². The van der Waals surface area contributed by atoms with E-state index in [2.05, 4.69) is 60.9 Å². The van der Waals surface area contributed by atoms with Crippen LogP contribution in [0.1, 0.15) is 18.1 Å². The van der Waals surface area contributed by atoms with Crippen molar-refractivity contribution in [1.82, 2.24) is 24.4 Å². The number of nitrogens with zero attached hydrogens (tertiary/aromatic N) is 5. The van der Waals surface area contributed by atoms with Gasteiger partial charge in [-0.15, -0.1) is 26.6 Å². The molecule has 0 saturated carbocycles. The monoisotopic (exact) mass is 433 g/mol. The highest BCUT2D eigenvalue weighted by molar-refractivity contribution is 7.98. The summed E-state index contributed by atoms with van der Waals surface area (Å²) >= 11 is 11.1. The van der Waals surface area contributed by atoms with Crippen molar-refractivity contribution in [1.29, 1.82) is 0 Å². The first kappa shape index (κ1) is 18.6. The lowest BCUT2D eigenvalue weighted by molar-refractivity contribution is 0.688. The van der Waals surface area contributed by atoms with E-state index in [1.807, 2.05) is 12.3 Å². The van der Waals surface area contributed by atoms with Crippen molar-refractivity contribution in [3.8, 4) is 22.0 Å². The highest BCUT2D eigenvalue weighted by Crippen LogP contribution is 2.37. The first-order chi connectivity index (χ1) is 13.2. The molecule has 0 aliphatic rings. The smallest absolute Gasteiger partial charge is 0.191 e. The summed E-state index contributed by atoms with van der Waals surface area (Å²) in [4.78, 5) is 0.983. The molecule has 0 bridgehead atoms. The average molecular weight is 434 g/mol. The van der Waals surface area contributed by atoms with E-state index in [1.54, 1.807) is 23.1 Å². The zero-order chi connectivity index (χ0) is 18.8. The Hall–Kier alpha value is -1.74. The maximum atomic E-state index is 6.43. The van der Waals surface area contributed by atoms with Crippen molar-refractivity contribution in [3.63, 3.8) is 0 Å². The first-order valence-corrected chi connectivity index (χ1v) is 11.4. The molecule has 138 valence electrons. The molecule has 5 nitrogen and oxygen atoms in total. The van der Waals surface area contributed by atoms with Crippen LogP contribution in [-0.2, 0) is 12.3 Å². The topological polar surface area (TPSA) is 56.5 Å². The third-order valence-corrected chi connectivity index (χ3v) is 7.35. The molecule has 0 aliphatic carbocycles. The van der Waals surface area contributed by atoms with E-state index < -0.39 is 0 Å². The number of hydrogen-bond donors (Lipinski definition) is 0. The summed E-state index contributed by atoms with van der Waals surface area (Å²) in [5.74, 6) is 1.67. The van der Waals surface area contributed by atoms with Crippen LogP contribution in [0, 0.1) is 6.92 Å². The van der Waals surface area contributed by atoms with Crippen LogP contribution in [-0.4, -0.2) is 24.4 Å². The van der Waals surface area contributed by atoms with Crippen LogP contribution in [0.5, 0.6) is 0 Å². The van der Waals surface area contributed by atoms with Gasteiger partial charge < -0.3 is 4.57 Å². The fourth-order valence-corrected chi connectivity index (χ4v) is 5.33. The van der Waals surface area contributed by atoms with Gasteiger partial charge >= 0.3 is 0 Å². The Bertz CT molecular complexity index is 1040. The lowest BCUT2D eigenvalue weighted by Crippen LogP contribution is -1.99. The van der Waals surface area contributed by atoms with Crippen molar-refractivity contribution < 1.29 is 0 Å². The van der Waals surface area contributed by atoms with Crippen LogP contribution in [0.15, 0.2) is 40.2 Å². The van der Waals surface area contributed by atoms with Gasteiger partial charge in [-0.3, -0.25) is 0 Å². The zero-order valence-corrected chi connectivity index (χ0v) is 17.9. The second kappa shape index (κ2) is 8.10. The number of aromatic nitrogens is 5. The van der Waals surface area contributed by atoms with Crippen LogP contribution in [0.2, 0.25) is 5.02 Å². The molecular weight excluding hydrogens is 418 g/mol. The number of aryl methyl sites for hydroxylation is 1. The van der Waals surface area contributed by atoms with E-state index >= 15 is 0 Å². The Balaban J connectivity index is 1.51. The number of thioether (sulfide) groups is 1. The summed E-state index contributed by atoms with van der Waals surface area (Å²) in [6.07, 6.45) is 0. The largest absolute Gasteiger partial charge is 0.302 e. The van der Waals surface area contributed by atoms with Crippen molar-refractivity contribution >= 4 is 46.2 Å². The van der Waals surface area contributed by atoms with Gasteiger partial charge in [-0.1, -0.05) is 52.1 Å². The van der Waals surface area contributed by atoms with Gasteiger partial charge in [0.1, 0.15) is 5.69 Å². The van der Waals surface area contributed by atoms with Gasteiger partial charge in [-0.05, 0) is 41.9 Å². The standard InChI is InChI=1S/C18H16ClN5S3/c1-3-24-17(16-15(19)11(2)8-25-16)21-22-18(24)26-9-12-4-6-13(7-5-12)14-10-27-23-20-14/h4-8,10H,3,9H2,1-2H3. The van der Waals surface area contributed by atoms with Gasteiger partial charge in [-0.2, -0.15) is 0 Å². The summed E-state index contributed by atoms with van der Waals surface area (Å²) in [6, 6.07) is 8.40. The quantitative estimate of drug-likeness (QED) is 0.359. The fourth-order valence-electron chi connectivity index (χ4n) is 2.64. The van der Waals surface area contributed by atoms with Crippen molar-refractivity contribution in [2.24, 2.45) is 0 Å². The fraction of sp³-hybridized carbons (Fsp3) is 0.222. The van der Waals surface area contributed by atoms with Gasteiger partial charge in [0.2, 0.25) is 0 Å². The predicted molar refractivity (Wildman–Crippen MR) is 114 cm³/mol. The van der Waals surface area contributed by atoms with Crippen LogP contribution in [0.3, 0.4) is 0 Å². The second-order valence-electron chi connectivity index (χ2n) is 5.89. The lowest BCUT2D eigenvalue weighted by atomic mass is 10.1. The minimum Gasteiger partial charge on any atom is -0.302 e. The first-order valence-electron chi connectivity index (χ1n) is 8.33. The van der Waals surface area contributed by atoms with Crippen LogP contribution in [0.4, 0.5) is 0 Å². The summed E-state index contributed by atoms with van der Waals surface area (Å²) in [5, 5.41) is 18.6. The minimum atomic E-state index is 0.769. The minimum absolute atomic E-state index is 0.769. The number of halogens is 1. The van der Waals surface area contributed by atoms with Crippen molar-refractivity contribution in [2.75, 3.05) is 0 Å². The van der Waals surface area contributed by atoms with E-state index in [0.717, 1.165) is 50.0 Å². The molecule has 0 aliphatic heterocycles. The average Bonchev–Trinajstić information content (AvgIpc) is 3.42. The summed E-state index contributed by atoms with van der Waals surface area (Å²) in [5.41, 5.74) is 4.30. The number of hydrogen-bond acceptors (Lipinski definition) is 7. The second-order valence-corrected chi connectivity index (χ2v) is 8.70.